The SMILES string of the molecule is COc1c(C(=O)Nc2cccc(C(N)=O)c2)cc(N2CCC(=O)NC2=O)cc1C(C)(C)C. The van der Waals surface area contributed by atoms with Gasteiger partial charge in [-0.1, -0.05) is 26.8 Å². The van der Waals surface area contributed by atoms with Crippen LogP contribution in [0.25, 0.3) is 0 Å². The van der Waals surface area contributed by atoms with Gasteiger partial charge in [0.1, 0.15) is 5.75 Å². The van der Waals surface area contributed by atoms with Crippen LogP contribution < -0.4 is 26.0 Å². The second kappa shape index (κ2) is 8.70. The number of hydrogen-bond acceptors (Lipinski definition) is 5. The molecule has 9 heteroatoms. The first-order valence-electron chi connectivity index (χ1n) is 10.1. The molecular weight excluding hydrogens is 412 g/mol. The summed E-state index contributed by atoms with van der Waals surface area (Å²) in [6.07, 6.45) is 0.157. The molecule has 1 aliphatic rings. The average Bonchev–Trinajstić information content (AvgIpc) is 2.72. The maximum atomic E-state index is 13.2. The first-order valence-corrected chi connectivity index (χ1v) is 10.1. The zero-order valence-electron chi connectivity index (χ0n) is 18.4. The predicted octanol–water partition coefficient (Wildman–Crippen LogP) is 2.79. The number of methoxy groups -OCH3 is 1. The largest absolute Gasteiger partial charge is 0.496 e. The van der Waals surface area contributed by atoms with Crippen molar-refractivity contribution in [2.45, 2.75) is 32.6 Å². The molecular formula is C23H26N4O5. The fourth-order valence-corrected chi connectivity index (χ4v) is 3.47. The van der Waals surface area contributed by atoms with Gasteiger partial charge in [-0.3, -0.25) is 24.6 Å². The van der Waals surface area contributed by atoms with Crippen LogP contribution in [0, 0.1) is 0 Å². The number of ether oxygens (including phenoxy) is 1. The Morgan fingerprint density at radius 1 is 1.16 bits per heavy atom. The van der Waals surface area contributed by atoms with Crippen molar-refractivity contribution in [2.24, 2.45) is 5.73 Å². The molecule has 1 saturated heterocycles. The van der Waals surface area contributed by atoms with E-state index in [0.717, 1.165) is 5.56 Å². The van der Waals surface area contributed by atoms with Crippen LogP contribution in [0.5, 0.6) is 5.75 Å². The zero-order chi connectivity index (χ0) is 23.6. The van der Waals surface area contributed by atoms with Crippen molar-refractivity contribution in [3.05, 3.63) is 53.1 Å². The lowest BCUT2D eigenvalue weighted by molar-refractivity contribution is -0.120. The van der Waals surface area contributed by atoms with E-state index in [1.165, 1.54) is 18.1 Å². The Hall–Kier alpha value is -3.88. The third-order valence-corrected chi connectivity index (χ3v) is 5.10. The van der Waals surface area contributed by atoms with Crippen molar-refractivity contribution < 1.29 is 23.9 Å². The standard InChI is InChI=1S/C23H26N4O5/c1-23(2,3)17-12-15(27-9-8-18(28)26-22(27)31)11-16(19(17)32-4)21(30)25-14-7-5-6-13(10-14)20(24)29/h5-7,10-12H,8-9H2,1-4H3,(H2,24,29)(H,25,30)(H,26,28,31). The molecule has 2 aromatic carbocycles. The van der Waals surface area contributed by atoms with E-state index in [1.54, 1.807) is 30.3 Å². The van der Waals surface area contributed by atoms with Gasteiger partial charge in [0, 0.05) is 35.5 Å². The van der Waals surface area contributed by atoms with E-state index in [4.69, 9.17) is 10.5 Å². The predicted molar refractivity (Wildman–Crippen MR) is 120 cm³/mol. The van der Waals surface area contributed by atoms with Crippen molar-refractivity contribution in [1.29, 1.82) is 0 Å². The number of carbonyl (C=O) groups is 4. The van der Waals surface area contributed by atoms with Gasteiger partial charge in [0.25, 0.3) is 5.91 Å². The van der Waals surface area contributed by atoms with Crippen LogP contribution in [0.4, 0.5) is 16.2 Å². The minimum Gasteiger partial charge on any atom is -0.496 e. The van der Waals surface area contributed by atoms with Gasteiger partial charge in [0.2, 0.25) is 11.8 Å². The van der Waals surface area contributed by atoms with Crippen molar-refractivity contribution in [3.63, 3.8) is 0 Å². The molecule has 0 aromatic heterocycles. The number of amides is 5. The molecule has 1 aliphatic heterocycles. The molecule has 0 radical (unpaired) electrons. The molecule has 9 nitrogen and oxygen atoms in total. The second-order valence-electron chi connectivity index (χ2n) is 8.48. The molecule has 0 unspecified atom stereocenters. The summed E-state index contributed by atoms with van der Waals surface area (Å²) in [6, 6.07) is 9.06. The molecule has 0 saturated carbocycles. The summed E-state index contributed by atoms with van der Waals surface area (Å²) >= 11 is 0. The quantitative estimate of drug-likeness (QED) is 0.661. The van der Waals surface area contributed by atoms with Gasteiger partial charge in [-0.05, 0) is 35.7 Å². The fourth-order valence-electron chi connectivity index (χ4n) is 3.47. The van der Waals surface area contributed by atoms with Crippen LogP contribution in [-0.2, 0) is 10.2 Å². The average molecular weight is 438 g/mol. The lowest BCUT2D eigenvalue weighted by Gasteiger charge is -2.30. The number of benzene rings is 2. The number of anilines is 2. The highest BCUT2D eigenvalue weighted by Crippen LogP contribution is 2.38. The van der Waals surface area contributed by atoms with E-state index in [9.17, 15) is 19.2 Å². The Morgan fingerprint density at radius 3 is 2.47 bits per heavy atom. The Kier molecular flexibility index (Phi) is 6.20. The molecule has 168 valence electrons. The summed E-state index contributed by atoms with van der Waals surface area (Å²) in [4.78, 5) is 50.1. The Labute approximate surface area is 185 Å². The molecule has 4 N–H and O–H groups in total. The summed E-state index contributed by atoms with van der Waals surface area (Å²) < 4.78 is 5.60. The summed E-state index contributed by atoms with van der Waals surface area (Å²) in [7, 11) is 1.47. The van der Waals surface area contributed by atoms with Crippen LogP contribution in [-0.4, -0.2) is 37.4 Å². The number of imide groups is 1. The summed E-state index contributed by atoms with van der Waals surface area (Å²) in [6.45, 7) is 6.09. The fraction of sp³-hybridized carbons (Fsp3) is 0.304. The minimum absolute atomic E-state index is 0.157. The normalized spacial score (nSPS) is 14.1. The van der Waals surface area contributed by atoms with Crippen molar-refractivity contribution in [2.75, 3.05) is 23.9 Å². The first kappa shape index (κ1) is 22.8. The van der Waals surface area contributed by atoms with E-state index >= 15 is 0 Å². The second-order valence-corrected chi connectivity index (χ2v) is 8.48. The van der Waals surface area contributed by atoms with E-state index in [2.05, 4.69) is 10.6 Å². The smallest absolute Gasteiger partial charge is 0.328 e. The van der Waals surface area contributed by atoms with Crippen molar-refractivity contribution >= 4 is 35.1 Å². The summed E-state index contributed by atoms with van der Waals surface area (Å²) in [5.74, 6) is -1.06. The van der Waals surface area contributed by atoms with Crippen LogP contribution in [0.15, 0.2) is 36.4 Å². The Bertz CT molecular complexity index is 1100. The molecule has 2 aromatic rings. The van der Waals surface area contributed by atoms with Gasteiger partial charge < -0.3 is 15.8 Å². The molecule has 1 fully saturated rings. The number of hydrogen-bond donors (Lipinski definition) is 3. The molecule has 32 heavy (non-hydrogen) atoms. The van der Waals surface area contributed by atoms with E-state index in [-0.39, 0.29) is 30.0 Å². The van der Waals surface area contributed by atoms with Gasteiger partial charge in [0.15, 0.2) is 0 Å². The lowest BCUT2D eigenvalue weighted by atomic mass is 9.84. The highest BCUT2D eigenvalue weighted by Gasteiger charge is 2.30. The lowest BCUT2D eigenvalue weighted by Crippen LogP contribution is -2.49. The Morgan fingerprint density at radius 2 is 1.88 bits per heavy atom. The molecule has 0 bridgehead atoms. The monoisotopic (exact) mass is 438 g/mol. The van der Waals surface area contributed by atoms with Gasteiger partial charge in [-0.2, -0.15) is 0 Å². The Balaban J connectivity index is 2.07. The van der Waals surface area contributed by atoms with Gasteiger partial charge in [-0.15, -0.1) is 0 Å². The third kappa shape index (κ3) is 4.72. The molecule has 3 rings (SSSR count). The van der Waals surface area contributed by atoms with Crippen LogP contribution in [0.1, 0.15) is 53.5 Å². The van der Waals surface area contributed by atoms with Gasteiger partial charge >= 0.3 is 6.03 Å². The van der Waals surface area contributed by atoms with Crippen LogP contribution in [0.2, 0.25) is 0 Å². The highest BCUT2D eigenvalue weighted by molar-refractivity contribution is 6.10. The third-order valence-electron chi connectivity index (χ3n) is 5.10. The number of nitrogens with zero attached hydrogens (tertiary/aromatic N) is 1. The maximum absolute atomic E-state index is 13.2. The molecule has 0 atom stereocenters. The number of primary amides is 1. The van der Waals surface area contributed by atoms with Gasteiger partial charge in [-0.25, -0.2) is 4.79 Å². The molecule has 1 heterocycles. The minimum atomic E-state index is -0.610. The number of nitrogens with one attached hydrogen (secondary N) is 2. The number of urea groups is 1. The number of rotatable bonds is 5. The van der Waals surface area contributed by atoms with Gasteiger partial charge in [0.05, 0.1) is 12.7 Å². The topological polar surface area (TPSA) is 131 Å². The first-order chi connectivity index (χ1) is 15.0. The highest BCUT2D eigenvalue weighted by atomic mass is 16.5. The summed E-state index contributed by atoms with van der Waals surface area (Å²) in [5.41, 5.74) is 6.96. The molecule has 0 aliphatic carbocycles. The summed E-state index contributed by atoms with van der Waals surface area (Å²) in [5, 5.41) is 5.05. The van der Waals surface area contributed by atoms with E-state index in [0.29, 0.717) is 17.1 Å². The van der Waals surface area contributed by atoms with Crippen LogP contribution in [0.3, 0.4) is 0 Å². The van der Waals surface area contributed by atoms with E-state index in [1.807, 2.05) is 20.8 Å². The maximum Gasteiger partial charge on any atom is 0.328 e. The van der Waals surface area contributed by atoms with Crippen LogP contribution >= 0.6 is 0 Å². The number of carbonyl (C=O) groups excluding carboxylic acids is 4. The molecule has 0 spiro atoms. The van der Waals surface area contributed by atoms with Crippen molar-refractivity contribution in [1.82, 2.24) is 5.32 Å². The number of nitrogens with two attached hydrogens (primary N) is 1. The zero-order valence-corrected chi connectivity index (χ0v) is 18.4. The van der Waals surface area contributed by atoms with E-state index < -0.39 is 23.3 Å². The molecule has 5 amide bonds. The van der Waals surface area contributed by atoms with Crippen molar-refractivity contribution in [3.8, 4) is 5.75 Å².